The van der Waals surface area contributed by atoms with Crippen molar-refractivity contribution in [1.29, 1.82) is 0 Å². The highest BCUT2D eigenvalue weighted by molar-refractivity contribution is 5.83. The third-order valence-corrected chi connectivity index (χ3v) is 0.714. The van der Waals surface area contributed by atoms with Crippen LogP contribution in [0.25, 0.3) is 0 Å². The van der Waals surface area contributed by atoms with Crippen LogP contribution in [0, 0.1) is 0 Å². The monoisotopic (exact) mass is 124 g/mol. The van der Waals surface area contributed by atoms with Crippen LogP contribution >= 0.6 is 0 Å². The van der Waals surface area contributed by atoms with Gasteiger partial charge in [0.15, 0.2) is 0 Å². The Kier molecular flexibility index (Phi) is 2.03. The number of halogens is 2. The van der Waals surface area contributed by atoms with Gasteiger partial charge in [-0.3, -0.25) is 4.79 Å². The molecule has 0 spiro atoms. The molecule has 0 saturated heterocycles. The predicted octanol–water partition coefficient (Wildman–Crippen LogP) is 0.203. The predicted molar refractivity (Wildman–Crippen MR) is 22.7 cm³/mol. The van der Waals surface area contributed by atoms with Crippen LogP contribution in [0.5, 0.6) is 0 Å². The van der Waals surface area contributed by atoms with Gasteiger partial charge in [-0.2, -0.15) is 8.78 Å². The molecule has 0 bridgehead atoms. The Morgan fingerprint density at radius 2 is 2.12 bits per heavy atom. The van der Waals surface area contributed by atoms with Crippen molar-refractivity contribution in [2.24, 2.45) is 0 Å². The molecule has 48 valence electrons. The van der Waals surface area contributed by atoms with E-state index in [2.05, 4.69) is 0 Å². The van der Waals surface area contributed by atoms with Crippen molar-refractivity contribution in [3.8, 4) is 0 Å². The van der Waals surface area contributed by atoms with E-state index < -0.39 is 18.3 Å². The first kappa shape index (κ1) is 7.49. The molecule has 0 amide bonds. The normalized spacial score (nSPS) is 11.5. The molecule has 0 heterocycles. The summed E-state index contributed by atoms with van der Waals surface area (Å²) in [5.74, 6) is -4.85. The fourth-order valence-corrected chi connectivity index (χ4v) is 0.111. The Balaban J connectivity index is 3.91. The molecule has 2 nitrogen and oxygen atoms in total. The number of alkyl halides is 2. The maximum Gasteiger partial charge on any atom is 0.327 e. The molecule has 4 heteroatoms. The van der Waals surface area contributed by atoms with Crippen LogP contribution in [0.4, 0.5) is 8.78 Å². The molecule has 0 aromatic carbocycles. The lowest BCUT2D eigenvalue weighted by molar-refractivity contribution is -0.145. The van der Waals surface area contributed by atoms with Gasteiger partial charge >= 0.3 is 5.92 Å². The summed E-state index contributed by atoms with van der Waals surface area (Å²) >= 11 is 0. The second-order valence-electron chi connectivity index (χ2n) is 1.42. The fraction of sp³-hybridized carbons (Fsp3) is 0.750. The van der Waals surface area contributed by atoms with Crippen molar-refractivity contribution in [3.05, 3.63) is 0 Å². The molecule has 0 aromatic heterocycles. The van der Waals surface area contributed by atoms with Gasteiger partial charge in [0, 0.05) is 6.92 Å². The van der Waals surface area contributed by atoms with E-state index in [1.807, 2.05) is 0 Å². The Morgan fingerprint density at radius 3 is 2.12 bits per heavy atom. The van der Waals surface area contributed by atoms with Crippen LogP contribution in [0.1, 0.15) is 6.92 Å². The van der Waals surface area contributed by atoms with Crippen molar-refractivity contribution in [2.45, 2.75) is 12.8 Å². The molecule has 8 heavy (non-hydrogen) atoms. The summed E-state index contributed by atoms with van der Waals surface area (Å²) in [5, 5.41) is 7.79. The van der Waals surface area contributed by atoms with E-state index in [-0.39, 0.29) is 0 Å². The minimum Gasteiger partial charge on any atom is -0.390 e. The molecular weight excluding hydrogens is 118 g/mol. The standard InChI is InChI=1S/C4H6F2O2/c1-3(8)4(5,6)2-7/h7H,2H2,1H3. The summed E-state index contributed by atoms with van der Waals surface area (Å²) in [5.41, 5.74) is 0. The second-order valence-corrected chi connectivity index (χ2v) is 1.42. The first-order chi connectivity index (χ1) is 3.50. The minimum absolute atomic E-state index is 0.732. The van der Waals surface area contributed by atoms with Gasteiger partial charge in [-0.15, -0.1) is 0 Å². The molecule has 1 N–H and O–H groups in total. The van der Waals surface area contributed by atoms with Crippen LogP contribution in [-0.2, 0) is 4.79 Å². The number of aliphatic hydroxyl groups excluding tert-OH is 1. The van der Waals surface area contributed by atoms with Crippen molar-refractivity contribution >= 4 is 5.78 Å². The van der Waals surface area contributed by atoms with Gasteiger partial charge in [0.05, 0.1) is 0 Å². The van der Waals surface area contributed by atoms with E-state index in [1.165, 1.54) is 0 Å². The van der Waals surface area contributed by atoms with Crippen molar-refractivity contribution < 1.29 is 18.7 Å². The molecule has 0 aliphatic heterocycles. The maximum atomic E-state index is 11.7. The minimum atomic E-state index is -3.54. The third-order valence-electron chi connectivity index (χ3n) is 0.714. The van der Waals surface area contributed by atoms with E-state index in [4.69, 9.17) is 5.11 Å². The molecule has 0 fully saturated rings. The summed E-state index contributed by atoms with van der Waals surface area (Å²) in [6.07, 6.45) is 0. The molecule has 0 aliphatic carbocycles. The highest BCUT2D eigenvalue weighted by Gasteiger charge is 2.33. The highest BCUT2D eigenvalue weighted by Crippen LogP contribution is 2.11. The average Bonchev–Trinajstić information content (AvgIpc) is 1.67. The molecule has 0 unspecified atom stereocenters. The Labute approximate surface area is 45.1 Å². The lowest BCUT2D eigenvalue weighted by Crippen LogP contribution is -2.29. The number of rotatable bonds is 2. The van der Waals surface area contributed by atoms with Gasteiger partial charge in [0.2, 0.25) is 5.78 Å². The lowest BCUT2D eigenvalue weighted by atomic mass is 10.3. The van der Waals surface area contributed by atoms with E-state index in [0.717, 1.165) is 6.92 Å². The summed E-state index contributed by atoms with van der Waals surface area (Å²) in [4.78, 5) is 9.79. The first-order valence-corrected chi connectivity index (χ1v) is 2.00. The molecule has 0 rings (SSSR count). The number of hydrogen-bond donors (Lipinski definition) is 1. The molecular formula is C4H6F2O2. The Bertz CT molecular complexity index is 100. The summed E-state index contributed by atoms with van der Waals surface area (Å²) in [7, 11) is 0. The van der Waals surface area contributed by atoms with Crippen molar-refractivity contribution in [3.63, 3.8) is 0 Å². The topological polar surface area (TPSA) is 37.3 Å². The van der Waals surface area contributed by atoms with Crippen molar-refractivity contribution in [1.82, 2.24) is 0 Å². The summed E-state index contributed by atoms with van der Waals surface area (Å²) < 4.78 is 23.4. The smallest absolute Gasteiger partial charge is 0.327 e. The lowest BCUT2D eigenvalue weighted by Gasteiger charge is -2.06. The van der Waals surface area contributed by atoms with Gasteiger partial charge in [-0.05, 0) is 0 Å². The fourth-order valence-electron chi connectivity index (χ4n) is 0.111. The SMILES string of the molecule is CC(=O)C(F)(F)CO. The molecule has 0 aliphatic rings. The first-order valence-electron chi connectivity index (χ1n) is 2.00. The number of carbonyl (C=O) groups is 1. The zero-order chi connectivity index (χ0) is 6.78. The van der Waals surface area contributed by atoms with E-state index >= 15 is 0 Å². The quantitative estimate of drug-likeness (QED) is 0.571. The van der Waals surface area contributed by atoms with Crippen LogP contribution in [0.3, 0.4) is 0 Å². The molecule has 0 atom stereocenters. The van der Waals surface area contributed by atoms with Crippen LogP contribution in [0.15, 0.2) is 0 Å². The zero-order valence-electron chi connectivity index (χ0n) is 4.32. The molecule has 0 aromatic rings. The number of aliphatic hydroxyl groups is 1. The summed E-state index contributed by atoms with van der Waals surface area (Å²) in [6.45, 7) is -0.668. The number of hydrogen-bond acceptors (Lipinski definition) is 2. The zero-order valence-corrected chi connectivity index (χ0v) is 4.32. The number of ketones is 1. The number of carbonyl (C=O) groups excluding carboxylic acids is 1. The van der Waals surface area contributed by atoms with Gasteiger partial charge < -0.3 is 5.11 Å². The van der Waals surface area contributed by atoms with Gasteiger partial charge in [-0.25, -0.2) is 0 Å². The van der Waals surface area contributed by atoms with Gasteiger partial charge in [0.25, 0.3) is 0 Å². The van der Waals surface area contributed by atoms with Gasteiger partial charge in [-0.1, -0.05) is 0 Å². The van der Waals surface area contributed by atoms with Crippen LogP contribution < -0.4 is 0 Å². The maximum absolute atomic E-state index is 11.7. The van der Waals surface area contributed by atoms with E-state index in [9.17, 15) is 13.6 Å². The van der Waals surface area contributed by atoms with Crippen LogP contribution in [-0.4, -0.2) is 23.4 Å². The molecule has 0 radical (unpaired) electrons. The Hall–Kier alpha value is -0.510. The summed E-state index contributed by atoms with van der Waals surface area (Å²) in [6, 6.07) is 0. The van der Waals surface area contributed by atoms with Gasteiger partial charge in [0.1, 0.15) is 6.61 Å². The highest BCUT2D eigenvalue weighted by atomic mass is 19.3. The second kappa shape index (κ2) is 2.17. The van der Waals surface area contributed by atoms with E-state index in [0.29, 0.717) is 0 Å². The molecule has 0 saturated carbocycles. The largest absolute Gasteiger partial charge is 0.390 e. The Morgan fingerprint density at radius 1 is 1.75 bits per heavy atom. The average molecular weight is 124 g/mol. The van der Waals surface area contributed by atoms with Crippen molar-refractivity contribution in [2.75, 3.05) is 6.61 Å². The van der Waals surface area contributed by atoms with Crippen LogP contribution in [0.2, 0.25) is 0 Å². The van der Waals surface area contributed by atoms with E-state index in [1.54, 1.807) is 0 Å². The number of Topliss-reactive ketones (excluding diaryl/α,β-unsaturated/α-hetero) is 1. The third kappa shape index (κ3) is 1.54.